The van der Waals surface area contributed by atoms with Gasteiger partial charge in [-0.3, -0.25) is 9.59 Å². The summed E-state index contributed by atoms with van der Waals surface area (Å²) < 4.78 is 0. The second kappa shape index (κ2) is 7.32. The van der Waals surface area contributed by atoms with Crippen LogP contribution in [0.4, 0.5) is 0 Å². The highest BCUT2D eigenvalue weighted by molar-refractivity contribution is 5.89. The normalized spacial score (nSPS) is 20.8. The minimum atomic E-state index is -0.254. The van der Waals surface area contributed by atoms with Crippen molar-refractivity contribution >= 4 is 11.8 Å². The second-order valence-electron chi connectivity index (χ2n) is 7.40. The average molecular weight is 348 g/mol. The Labute approximate surface area is 154 Å². The number of nitrogens with zero attached hydrogens (tertiary/aromatic N) is 1. The molecule has 0 unspecified atom stereocenters. The highest BCUT2D eigenvalue weighted by Gasteiger charge is 2.38. The Bertz CT molecular complexity index is 771. The fourth-order valence-electron chi connectivity index (χ4n) is 3.74. The van der Waals surface area contributed by atoms with Crippen molar-refractivity contribution in [3.05, 3.63) is 71.8 Å². The summed E-state index contributed by atoms with van der Waals surface area (Å²) in [6, 6.07) is 20.2. The quantitative estimate of drug-likeness (QED) is 0.871. The van der Waals surface area contributed by atoms with Crippen molar-refractivity contribution in [2.24, 2.45) is 11.8 Å². The van der Waals surface area contributed by atoms with E-state index in [1.165, 1.54) is 0 Å². The van der Waals surface area contributed by atoms with E-state index in [4.69, 9.17) is 0 Å². The first-order chi connectivity index (χ1) is 12.7. The van der Waals surface area contributed by atoms with E-state index in [1.807, 2.05) is 48.5 Å². The first-order valence-corrected chi connectivity index (χ1v) is 9.38. The minimum Gasteiger partial charge on any atom is -0.349 e. The van der Waals surface area contributed by atoms with Crippen molar-refractivity contribution in [1.29, 1.82) is 0 Å². The van der Waals surface area contributed by atoms with E-state index in [0.717, 1.165) is 24.0 Å². The lowest BCUT2D eigenvalue weighted by atomic mass is 10.0. The molecule has 2 aromatic rings. The van der Waals surface area contributed by atoms with Crippen LogP contribution in [0.1, 0.15) is 36.4 Å². The molecule has 134 valence electrons. The summed E-state index contributed by atoms with van der Waals surface area (Å²) >= 11 is 0. The molecule has 1 aliphatic carbocycles. The van der Waals surface area contributed by atoms with Crippen LogP contribution >= 0.6 is 0 Å². The summed E-state index contributed by atoms with van der Waals surface area (Å²) in [7, 11) is 0. The molecule has 0 aromatic heterocycles. The third-order valence-electron chi connectivity index (χ3n) is 5.35. The van der Waals surface area contributed by atoms with E-state index in [1.54, 1.807) is 4.90 Å². The molecule has 0 bridgehead atoms. The van der Waals surface area contributed by atoms with Crippen molar-refractivity contribution in [2.75, 3.05) is 6.54 Å². The van der Waals surface area contributed by atoms with Crippen LogP contribution in [0, 0.1) is 11.8 Å². The molecule has 1 aliphatic heterocycles. The van der Waals surface area contributed by atoms with Gasteiger partial charge >= 0.3 is 0 Å². The number of hydrogen-bond acceptors (Lipinski definition) is 2. The first kappa shape index (κ1) is 16.8. The van der Waals surface area contributed by atoms with E-state index in [2.05, 4.69) is 17.4 Å². The Hall–Kier alpha value is -2.62. The monoisotopic (exact) mass is 348 g/mol. The molecule has 4 nitrogen and oxygen atoms in total. The minimum absolute atomic E-state index is 0.00895. The molecular formula is C22H24N2O2. The third kappa shape index (κ3) is 3.79. The predicted octanol–water partition coefficient (Wildman–Crippen LogP) is 3.30. The zero-order chi connectivity index (χ0) is 17.9. The van der Waals surface area contributed by atoms with Crippen LogP contribution < -0.4 is 5.32 Å². The fourth-order valence-corrected chi connectivity index (χ4v) is 3.74. The highest BCUT2D eigenvalue weighted by atomic mass is 16.2. The van der Waals surface area contributed by atoms with Gasteiger partial charge in [-0.25, -0.2) is 0 Å². The Morgan fingerprint density at radius 2 is 1.69 bits per heavy atom. The molecular weight excluding hydrogens is 324 g/mol. The van der Waals surface area contributed by atoms with Crippen LogP contribution in [0.5, 0.6) is 0 Å². The average Bonchev–Trinajstić information content (AvgIpc) is 3.45. The molecule has 2 fully saturated rings. The standard InChI is InChI=1S/C22H24N2O2/c25-20-13-19(15-24(20)14-16-7-3-1-4-8-16)22(26)23-21(18-11-12-18)17-9-5-2-6-10-17/h1-10,18-19,21H,11-15H2,(H,23,26)/t19-,21-/m1/s1. The highest BCUT2D eigenvalue weighted by Crippen LogP contribution is 2.41. The Kier molecular flexibility index (Phi) is 4.74. The van der Waals surface area contributed by atoms with Crippen LogP contribution in [-0.2, 0) is 16.1 Å². The van der Waals surface area contributed by atoms with Gasteiger partial charge in [0.25, 0.3) is 0 Å². The summed E-state index contributed by atoms with van der Waals surface area (Å²) in [4.78, 5) is 27.0. The number of rotatable bonds is 6. The maximum absolute atomic E-state index is 12.8. The van der Waals surface area contributed by atoms with E-state index >= 15 is 0 Å². The summed E-state index contributed by atoms with van der Waals surface area (Å²) in [6.45, 7) is 1.08. The van der Waals surface area contributed by atoms with E-state index in [9.17, 15) is 9.59 Å². The number of benzene rings is 2. The van der Waals surface area contributed by atoms with Gasteiger partial charge in [0.1, 0.15) is 0 Å². The molecule has 1 heterocycles. The Balaban J connectivity index is 1.39. The lowest BCUT2D eigenvalue weighted by Crippen LogP contribution is -2.36. The van der Waals surface area contributed by atoms with Crippen LogP contribution in [0.2, 0.25) is 0 Å². The van der Waals surface area contributed by atoms with Gasteiger partial charge in [0, 0.05) is 19.5 Å². The van der Waals surface area contributed by atoms with Crippen molar-refractivity contribution in [2.45, 2.75) is 31.8 Å². The summed E-state index contributed by atoms with van der Waals surface area (Å²) in [5.41, 5.74) is 2.26. The summed E-state index contributed by atoms with van der Waals surface area (Å²) in [5, 5.41) is 3.22. The molecule has 1 N–H and O–H groups in total. The molecule has 2 aliphatic rings. The number of hydrogen-bond donors (Lipinski definition) is 1. The van der Waals surface area contributed by atoms with E-state index in [0.29, 0.717) is 25.4 Å². The van der Waals surface area contributed by atoms with Gasteiger partial charge in [-0.1, -0.05) is 60.7 Å². The van der Waals surface area contributed by atoms with Crippen molar-refractivity contribution in [3.8, 4) is 0 Å². The number of likely N-dealkylation sites (tertiary alicyclic amines) is 1. The zero-order valence-corrected chi connectivity index (χ0v) is 14.8. The maximum Gasteiger partial charge on any atom is 0.225 e. The van der Waals surface area contributed by atoms with Crippen LogP contribution in [0.3, 0.4) is 0 Å². The number of carbonyl (C=O) groups is 2. The third-order valence-corrected chi connectivity index (χ3v) is 5.35. The summed E-state index contributed by atoms with van der Waals surface area (Å²) in [6.07, 6.45) is 2.62. The van der Waals surface area contributed by atoms with Gasteiger partial charge in [-0.15, -0.1) is 0 Å². The Morgan fingerprint density at radius 1 is 1.04 bits per heavy atom. The molecule has 2 atom stereocenters. The van der Waals surface area contributed by atoms with Crippen molar-refractivity contribution < 1.29 is 9.59 Å². The largest absolute Gasteiger partial charge is 0.349 e. The second-order valence-corrected chi connectivity index (χ2v) is 7.40. The van der Waals surface area contributed by atoms with Crippen LogP contribution in [0.15, 0.2) is 60.7 Å². The van der Waals surface area contributed by atoms with Gasteiger partial charge < -0.3 is 10.2 Å². The number of amides is 2. The molecule has 2 aromatic carbocycles. The van der Waals surface area contributed by atoms with E-state index in [-0.39, 0.29) is 23.8 Å². The number of carbonyl (C=O) groups excluding carboxylic acids is 2. The molecule has 2 amide bonds. The number of nitrogens with one attached hydrogen (secondary N) is 1. The van der Waals surface area contributed by atoms with Crippen LogP contribution in [-0.4, -0.2) is 23.3 Å². The SMILES string of the molecule is O=C(N[C@H](c1ccccc1)C1CC1)[C@@H]1CC(=O)N(Cc2ccccc2)C1. The fraction of sp³-hybridized carbons (Fsp3) is 0.364. The summed E-state index contributed by atoms with van der Waals surface area (Å²) in [5.74, 6) is 0.349. The molecule has 26 heavy (non-hydrogen) atoms. The van der Waals surface area contributed by atoms with Gasteiger partial charge in [-0.05, 0) is 29.9 Å². The molecule has 1 saturated carbocycles. The molecule has 1 saturated heterocycles. The van der Waals surface area contributed by atoms with Gasteiger partial charge in [0.05, 0.1) is 12.0 Å². The maximum atomic E-state index is 12.8. The van der Waals surface area contributed by atoms with Gasteiger partial charge in [0.2, 0.25) is 11.8 Å². The zero-order valence-electron chi connectivity index (χ0n) is 14.8. The molecule has 0 radical (unpaired) electrons. The van der Waals surface area contributed by atoms with Crippen molar-refractivity contribution in [3.63, 3.8) is 0 Å². The van der Waals surface area contributed by atoms with Gasteiger partial charge in [0.15, 0.2) is 0 Å². The smallest absolute Gasteiger partial charge is 0.225 e. The van der Waals surface area contributed by atoms with E-state index < -0.39 is 0 Å². The topological polar surface area (TPSA) is 49.4 Å². The molecule has 4 rings (SSSR count). The molecule has 0 spiro atoms. The van der Waals surface area contributed by atoms with Crippen LogP contribution in [0.25, 0.3) is 0 Å². The molecule has 4 heteroatoms. The predicted molar refractivity (Wildman–Crippen MR) is 100 cm³/mol. The first-order valence-electron chi connectivity index (χ1n) is 9.38. The van der Waals surface area contributed by atoms with Gasteiger partial charge in [-0.2, -0.15) is 0 Å². The van der Waals surface area contributed by atoms with Crippen molar-refractivity contribution in [1.82, 2.24) is 10.2 Å². The lowest BCUT2D eigenvalue weighted by molar-refractivity contribution is -0.129. The lowest BCUT2D eigenvalue weighted by Gasteiger charge is -2.21. The Morgan fingerprint density at radius 3 is 2.35 bits per heavy atom.